The molecule has 170 valence electrons. The number of nitrogens with one attached hydrogen (secondary N) is 3. The molecule has 30 heavy (non-hydrogen) atoms. The molecule has 0 radical (unpaired) electrons. The molecule has 1 heterocycles. The van der Waals surface area contributed by atoms with Crippen LogP contribution in [0.2, 0.25) is 0 Å². The van der Waals surface area contributed by atoms with Gasteiger partial charge in [-0.3, -0.25) is 9.69 Å². The number of amides is 1. The van der Waals surface area contributed by atoms with Gasteiger partial charge in [-0.05, 0) is 52.0 Å². The van der Waals surface area contributed by atoms with Crippen LogP contribution in [0.5, 0.6) is 0 Å². The van der Waals surface area contributed by atoms with Crippen LogP contribution >= 0.6 is 24.0 Å². The minimum atomic E-state index is -0.256. The number of aliphatic imine (C=N–C) groups is 1. The summed E-state index contributed by atoms with van der Waals surface area (Å²) in [6.45, 7) is 14.1. The van der Waals surface area contributed by atoms with Crippen molar-refractivity contribution in [3.8, 4) is 0 Å². The van der Waals surface area contributed by atoms with Crippen LogP contribution in [-0.4, -0.2) is 74.7 Å². The highest BCUT2D eigenvalue weighted by Gasteiger charge is 2.17. The van der Waals surface area contributed by atoms with Crippen LogP contribution < -0.4 is 20.9 Å². The molecule has 1 aromatic rings. The maximum Gasteiger partial charge on any atom is 0.242 e. The molecule has 2 rings (SSSR count). The van der Waals surface area contributed by atoms with E-state index in [-0.39, 0.29) is 47.8 Å². The first kappa shape index (κ1) is 26.4. The fourth-order valence-corrected chi connectivity index (χ4v) is 3.16. The molecule has 0 spiro atoms. The van der Waals surface area contributed by atoms with Crippen molar-refractivity contribution < 1.29 is 9.18 Å². The zero-order chi connectivity index (χ0) is 21.3. The molecular weight excluding hydrogens is 498 g/mol. The van der Waals surface area contributed by atoms with E-state index in [9.17, 15) is 9.18 Å². The Bertz CT molecular complexity index is 669. The summed E-state index contributed by atoms with van der Waals surface area (Å²) in [6.07, 6.45) is 0. The molecule has 0 aliphatic carbocycles. The van der Waals surface area contributed by atoms with Gasteiger partial charge in [0.1, 0.15) is 12.4 Å². The van der Waals surface area contributed by atoms with Gasteiger partial charge >= 0.3 is 0 Å². The largest absolute Gasteiger partial charge is 0.369 e. The number of hydrogen-bond donors (Lipinski definition) is 3. The minimum absolute atomic E-state index is 0. The van der Waals surface area contributed by atoms with E-state index < -0.39 is 0 Å². The molecule has 7 nitrogen and oxygen atoms in total. The van der Waals surface area contributed by atoms with Gasteiger partial charge in [0.2, 0.25) is 5.91 Å². The average Bonchev–Trinajstić information content (AvgIpc) is 2.66. The summed E-state index contributed by atoms with van der Waals surface area (Å²) in [5, 5.41) is 9.38. The third kappa shape index (κ3) is 9.92. The first-order chi connectivity index (χ1) is 13.8. The summed E-state index contributed by atoms with van der Waals surface area (Å²) in [5.41, 5.74) is 0.813. The summed E-state index contributed by atoms with van der Waals surface area (Å²) in [6, 6.07) is 6.69. The van der Waals surface area contributed by atoms with Gasteiger partial charge < -0.3 is 20.9 Å². The standard InChI is InChI=1S/C21H35FN6O.HI/c1-5-23-20(25-16-19(29)26-21(2,3)4)24-10-11-27-12-14-28(15-13-27)18-8-6-17(22)7-9-18;/h6-9H,5,10-16H2,1-4H3,(H,26,29)(H2,23,24,25);1H. The predicted octanol–water partition coefficient (Wildman–Crippen LogP) is 2.04. The Labute approximate surface area is 196 Å². The highest BCUT2D eigenvalue weighted by atomic mass is 127. The Morgan fingerprint density at radius 2 is 1.73 bits per heavy atom. The third-order valence-electron chi connectivity index (χ3n) is 4.52. The second kappa shape index (κ2) is 12.9. The van der Waals surface area contributed by atoms with Gasteiger partial charge in [-0.25, -0.2) is 9.38 Å². The monoisotopic (exact) mass is 534 g/mol. The van der Waals surface area contributed by atoms with Crippen molar-refractivity contribution in [2.75, 3.05) is 57.3 Å². The fraction of sp³-hybridized carbons (Fsp3) is 0.619. The van der Waals surface area contributed by atoms with E-state index in [1.165, 1.54) is 12.1 Å². The van der Waals surface area contributed by atoms with Gasteiger partial charge in [0.05, 0.1) is 0 Å². The number of piperazine rings is 1. The number of hydrogen-bond acceptors (Lipinski definition) is 4. The molecule has 1 aliphatic heterocycles. The van der Waals surface area contributed by atoms with E-state index in [1.807, 2.05) is 39.8 Å². The zero-order valence-corrected chi connectivity index (χ0v) is 20.8. The van der Waals surface area contributed by atoms with Crippen molar-refractivity contribution in [3.05, 3.63) is 30.1 Å². The van der Waals surface area contributed by atoms with E-state index in [4.69, 9.17) is 0 Å². The normalized spacial score (nSPS) is 15.4. The van der Waals surface area contributed by atoms with Gasteiger partial charge in [-0.1, -0.05) is 0 Å². The number of carbonyl (C=O) groups excluding carboxylic acids is 1. The third-order valence-corrected chi connectivity index (χ3v) is 4.52. The van der Waals surface area contributed by atoms with Crippen molar-refractivity contribution in [3.63, 3.8) is 0 Å². The van der Waals surface area contributed by atoms with Crippen LogP contribution in [0.4, 0.5) is 10.1 Å². The lowest BCUT2D eigenvalue weighted by Crippen LogP contribution is -2.49. The first-order valence-electron chi connectivity index (χ1n) is 10.3. The summed E-state index contributed by atoms with van der Waals surface area (Å²) in [5.74, 6) is 0.362. The molecule has 1 aliphatic rings. The molecule has 0 aromatic heterocycles. The lowest BCUT2D eigenvalue weighted by molar-refractivity contribution is -0.121. The smallest absolute Gasteiger partial charge is 0.242 e. The second-order valence-electron chi connectivity index (χ2n) is 8.23. The van der Waals surface area contributed by atoms with Crippen molar-refractivity contribution >= 4 is 41.5 Å². The van der Waals surface area contributed by atoms with Crippen molar-refractivity contribution in [1.82, 2.24) is 20.9 Å². The Morgan fingerprint density at radius 1 is 1.10 bits per heavy atom. The first-order valence-corrected chi connectivity index (χ1v) is 10.3. The lowest BCUT2D eigenvalue weighted by Gasteiger charge is -2.36. The van der Waals surface area contributed by atoms with Gasteiger partial charge in [-0.2, -0.15) is 0 Å². The van der Waals surface area contributed by atoms with Crippen LogP contribution in [0.25, 0.3) is 0 Å². The van der Waals surface area contributed by atoms with Gasteiger partial charge in [-0.15, -0.1) is 24.0 Å². The van der Waals surface area contributed by atoms with Crippen LogP contribution in [-0.2, 0) is 4.79 Å². The maximum atomic E-state index is 13.1. The van der Waals surface area contributed by atoms with Crippen LogP contribution in [0, 0.1) is 5.82 Å². The predicted molar refractivity (Wildman–Crippen MR) is 132 cm³/mol. The molecular formula is C21H36FIN6O. The number of halogens is 2. The summed E-state index contributed by atoms with van der Waals surface area (Å²) in [4.78, 5) is 21.0. The number of rotatable bonds is 7. The molecule has 0 atom stereocenters. The van der Waals surface area contributed by atoms with E-state index in [2.05, 4.69) is 30.7 Å². The van der Waals surface area contributed by atoms with Gasteiger partial charge in [0, 0.05) is 57.0 Å². The molecule has 0 bridgehead atoms. The second-order valence-corrected chi connectivity index (χ2v) is 8.23. The molecule has 9 heteroatoms. The van der Waals surface area contributed by atoms with E-state index >= 15 is 0 Å². The van der Waals surface area contributed by atoms with Gasteiger partial charge in [0.25, 0.3) is 0 Å². The van der Waals surface area contributed by atoms with Crippen molar-refractivity contribution in [2.24, 2.45) is 4.99 Å². The topological polar surface area (TPSA) is 72.0 Å². The molecule has 1 amide bonds. The summed E-state index contributed by atoms with van der Waals surface area (Å²) >= 11 is 0. The number of guanidine groups is 1. The van der Waals surface area contributed by atoms with Crippen molar-refractivity contribution in [2.45, 2.75) is 33.2 Å². The minimum Gasteiger partial charge on any atom is -0.369 e. The Hall–Kier alpha value is -1.62. The zero-order valence-electron chi connectivity index (χ0n) is 18.5. The number of anilines is 1. The number of benzene rings is 1. The van der Waals surface area contributed by atoms with E-state index in [0.29, 0.717) is 5.96 Å². The highest BCUT2D eigenvalue weighted by molar-refractivity contribution is 14.0. The fourth-order valence-electron chi connectivity index (χ4n) is 3.16. The number of carbonyl (C=O) groups is 1. The highest BCUT2D eigenvalue weighted by Crippen LogP contribution is 2.16. The maximum absolute atomic E-state index is 13.1. The molecule has 1 saturated heterocycles. The van der Waals surface area contributed by atoms with Gasteiger partial charge in [0.15, 0.2) is 5.96 Å². The SMILES string of the molecule is CCNC(=NCC(=O)NC(C)(C)C)NCCN1CCN(c2ccc(F)cc2)CC1.I. The molecule has 3 N–H and O–H groups in total. The van der Waals surface area contributed by atoms with Crippen LogP contribution in [0.3, 0.4) is 0 Å². The van der Waals surface area contributed by atoms with E-state index in [1.54, 1.807) is 0 Å². The Morgan fingerprint density at radius 3 is 2.30 bits per heavy atom. The lowest BCUT2D eigenvalue weighted by atomic mass is 10.1. The van der Waals surface area contributed by atoms with Crippen molar-refractivity contribution in [1.29, 1.82) is 0 Å². The van der Waals surface area contributed by atoms with Crippen LogP contribution in [0.1, 0.15) is 27.7 Å². The quantitative estimate of drug-likeness (QED) is 0.284. The summed E-state index contributed by atoms with van der Waals surface area (Å²) in [7, 11) is 0. The molecule has 0 saturated carbocycles. The van der Waals surface area contributed by atoms with Crippen LogP contribution in [0.15, 0.2) is 29.3 Å². The Balaban J connectivity index is 0.00000450. The average molecular weight is 534 g/mol. The Kier molecular flexibility index (Phi) is 11.4. The molecule has 1 aromatic carbocycles. The number of nitrogens with zero attached hydrogens (tertiary/aromatic N) is 3. The van der Waals surface area contributed by atoms with E-state index in [0.717, 1.165) is 51.5 Å². The molecule has 1 fully saturated rings. The molecule has 0 unspecified atom stereocenters. The summed E-state index contributed by atoms with van der Waals surface area (Å²) < 4.78 is 13.1.